The van der Waals surface area contributed by atoms with Crippen molar-refractivity contribution < 1.29 is 0 Å². The summed E-state index contributed by atoms with van der Waals surface area (Å²) in [6.07, 6.45) is 13.3. The van der Waals surface area contributed by atoms with Crippen LogP contribution in [-0.4, -0.2) is 20.9 Å². The van der Waals surface area contributed by atoms with Crippen LogP contribution in [0.3, 0.4) is 0 Å². The van der Waals surface area contributed by atoms with Gasteiger partial charge >= 0.3 is 123 Å². The van der Waals surface area contributed by atoms with Gasteiger partial charge in [-0.2, -0.15) is 0 Å². The van der Waals surface area contributed by atoms with Crippen LogP contribution < -0.4 is 3.61 Å². The van der Waals surface area contributed by atoms with Crippen LogP contribution in [0.25, 0.3) is 0 Å². The van der Waals surface area contributed by atoms with Gasteiger partial charge in [0.2, 0.25) is 0 Å². The van der Waals surface area contributed by atoms with Crippen LogP contribution in [0.2, 0.25) is 0 Å². The molecule has 0 saturated carbocycles. The number of unbranched alkanes of at least 4 members (excludes halogenated alkanes) is 2. The van der Waals surface area contributed by atoms with Crippen molar-refractivity contribution in [3.63, 3.8) is 0 Å². The maximum absolute atomic E-state index is 2.37. The Labute approximate surface area is 122 Å². The molecule has 1 aromatic carbocycles. The zero-order chi connectivity index (χ0) is 13.1. The van der Waals surface area contributed by atoms with E-state index in [0.717, 1.165) is 6.42 Å². The van der Waals surface area contributed by atoms with Gasteiger partial charge in [0.15, 0.2) is 0 Å². The van der Waals surface area contributed by atoms with Crippen molar-refractivity contribution in [2.24, 2.45) is 0 Å². The van der Waals surface area contributed by atoms with Gasteiger partial charge in [0.1, 0.15) is 0 Å². The van der Waals surface area contributed by atoms with Crippen molar-refractivity contribution in [1.29, 1.82) is 0 Å². The molecule has 0 bridgehead atoms. The summed E-state index contributed by atoms with van der Waals surface area (Å²) in [6, 6.07) is 11.0. The number of allylic oxidation sites excluding steroid dienone is 4. The van der Waals surface area contributed by atoms with Crippen LogP contribution in [-0.2, 0) is 0 Å². The average Bonchev–Trinajstić information content (AvgIpc) is 2.40. The quantitative estimate of drug-likeness (QED) is 0.367. The predicted molar refractivity (Wildman–Crippen MR) is 83.5 cm³/mol. The number of hydrogen-bond donors (Lipinski definition) is 0. The number of hydrogen-bond acceptors (Lipinski definition) is 0. The minimum atomic E-state index is -0.158. The molecule has 0 heterocycles. The average molecular weight is 356 g/mol. The molecular weight excluding hydrogens is 332 g/mol. The summed E-state index contributed by atoms with van der Waals surface area (Å²) in [5.41, 5.74) is 0. The molecule has 0 aliphatic heterocycles. The Bertz CT molecular complexity index is 362. The first-order chi connectivity index (χ1) is 8.86. The SMILES string of the molecule is CC/C=C/C=C(\CCCCC)[Te]c1ccccc1. The second-order valence-corrected chi connectivity index (χ2v) is 7.77. The second kappa shape index (κ2) is 10.4. The van der Waals surface area contributed by atoms with Crippen LogP contribution in [0.15, 0.2) is 52.2 Å². The van der Waals surface area contributed by atoms with Crippen LogP contribution in [0.4, 0.5) is 0 Å². The van der Waals surface area contributed by atoms with E-state index < -0.39 is 0 Å². The van der Waals surface area contributed by atoms with Crippen molar-refractivity contribution >= 4 is 24.5 Å². The van der Waals surface area contributed by atoms with Gasteiger partial charge in [-0.25, -0.2) is 0 Å². The van der Waals surface area contributed by atoms with Gasteiger partial charge in [0.25, 0.3) is 0 Å². The van der Waals surface area contributed by atoms with E-state index >= 15 is 0 Å². The standard InChI is InChI=1S/C17H24Te/c1-3-5-8-12-16(13-9-6-4-2)18-17-14-10-7-11-15-17/h5,7-8,10-12,14-15H,3-4,6,9,13H2,1-2H3/b8-5+,16-12+. The molecule has 0 atom stereocenters. The van der Waals surface area contributed by atoms with Crippen molar-refractivity contribution in [3.8, 4) is 0 Å². The molecule has 0 saturated heterocycles. The van der Waals surface area contributed by atoms with E-state index in [4.69, 9.17) is 0 Å². The van der Waals surface area contributed by atoms with Crippen molar-refractivity contribution in [3.05, 3.63) is 52.2 Å². The van der Waals surface area contributed by atoms with E-state index in [1.807, 2.05) is 0 Å². The molecule has 18 heavy (non-hydrogen) atoms. The molecule has 0 N–H and O–H groups in total. The predicted octanol–water partition coefficient (Wildman–Crippen LogP) is 4.45. The monoisotopic (exact) mass is 358 g/mol. The Kier molecular flexibility index (Phi) is 9.00. The summed E-state index contributed by atoms with van der Waals surface area (Å²) in [5.74, 6) is 0. The van der Waals surface area contributed by atoms with Gasteiger partial charge in [-0.1, -0.05) is 0 Å². The van der Waals surface area contributed by atoms with Gasteiger partial charge in [-0.05, 0) is 0 Å². The first-order valence-corrected chi connectivity index (χ1v) is 9.28. The fourth-order valence-corrected chi connectivity index (χ4v) is 4.49. The molecule has 0 aliphatic rings. The van der Waals surface area contributed by atoms with Gasteiger partial charge in [0, 0.05) is 0 Å². The third-order valence-electron chi connectivity index (χ3n) is 2.67. The molecule has 1 aromatic rings. The Morgan fingerprint density at radius 3 is 2.56 bits per heavy atom. The van der Waals surface area contributed by atoms with E-state index in [-0.39, 0.29) is 20.9 Å². The minimum absolute atomic E-state index is 0.158. The Morgan fingerprint density at radius 1 is 1.11 bits per heavy atom. The van der Waals surface area contributed by atoms with E-state index in [9.17, 15) is 0 Å². The summed E-state index contributed by atoms with van der Waals surface area (Å²) in [6.45, 7) is 4.46. The zero-order valence-electron chi connectivity index (χ0n) is 11.6. The molecule has 0 aromatic heterocycles. The van der Waals surface area contributed by atoms with E-state index in [1.165, 1.54) is 25.7 Å². The van der Waals surface area contributed by atoms with E-state index in [2.05, 4.69) is 62.4 Å². The topological polar surface area (TPSA) is 0 Å². The van der Waals surface area contributed by atoms with Crippen molar-refractivity contribution in [2.75, 3.05) is 0 Å². The third kappa shape index (κ3) is 7.04. The molecular formula is C17H24Te. The Morgan fingerprint density at radius 2 is 1.89 bits per heavy atom. The maximum atomic E-state index is 2.37. The molecule has 0 nitrogen and oxygen atoms in total. The Hall–Kier alpha value is -0.510. The van der Waals surface area contributed by atoms with Gasteiger partial charge in [-0.3, -0.25) is 0 Å². The molecule has 0 spiro atoms. The van der Waals surface area contributed by atoms with Crippen LogP contribution in [0, 0.1) is 0 Å². The summed E-state index contributed by atoms with van der Waals surface area (Å²) >= 11 is -0.158. The van der Waals surface area contributed by atoms with E-state index in [0.29, 0.717) is 0 Å². The van der Waals surface area contributed by atoms with Crippen LogP contribution in [0.1, 0.15) is 46.0 Å². The first-order valence-electron chi connectivity index (χ1n) is 6.95. The van der Waals surface area contributed by atoms with Crippen molar-refractivity contribution in [2.45, 2.75) is 46.0 Å². The summed E-state index contributed by atoms with van der Waals surface area (Å²) < 4.78 is 3.24. The normalized spacial score (nSPS) is 12.2. The van der Waals surface area contributed by atoms with Gasteiger partial charge in [0.05, 0.1) is 0 Å². The summed E-state index contributed by atoms with van der Waals surface area (Å²) in [4.78, 5) is 0. The number of benzene rings is 1. The molecule has 1 rings (SSSR count). The molecule has 0 fully saturated rings. The van der Waals surface area contributed by atoms with Crippen molar-refractivity contribution in [1.82, 2.24) is 0 Å². The Balaban J connectivity index is 2.59. The molecule has 0 amide bonds. The summed E-state index contributed by atoms with van der Waals surface area (Å²) in [7, 11) is 0. The van der Waals surface area contributed by atoms with E-state index in [1.54, 1.807) is 7.23 Å². The first kappa shape index (κ1) is 15.5. The molecule has 0 unspecified atom stereocenters. The summed E-state index contributed by atoms with van der Waals surface area (Å²) in [5, 5.41) is 0. The molecule has 0 aliphatic carbocycles. The van der Waals surface area contributed by atoms with Crippen LogP contribution >= 0.6 is 0 Å². The van der Waals surface area contributed by atoms with Crippen LogP contribution in [0.5, 0.6) is 0 Å². The third-order valence-corrected chi connectivity index (χ3v) is 5.84. The second-order valence-electron chi connectivity index (χ2n) is 4.34. The van der Waals surface area contributed by atoms with Gasteiger partial charge < -0.3 is 0 Å². The number of rotatable bonds is 8. The fraction of sp³-hybridized carbons (Fsp3) is 0.412. The van der Waals surface area contributed by atoms with Gasteiger partial charge in [-0.15, -0.1) is 0 Å². The zero-order valence-corrected chi connectivity index (χ0v) is 13.9. The fourth-order valence-electron chi connectivity index (χ4n) is 1.67. The molecule has 0 radical (unpaired) electrons. The molecule has 98 valence electrons. The molecule has 1 heteroatoms.